The Kier molecular flexibility index (Phi) is 4.22. The second-order valence-electron chi connectivity index (χ2n) is 8.91. The van der Waals surface area contributed by atoms with Crippen molar-refractivity contribution in [3.8, 4) is 22.3 Å². The molecule has 0 aliphatic rings. The summed E-state index contributed by atoms with van der Waals surface area (Å²) >= 11 is 0. The van der Waals surface area contributed by atoms with Gasteiger partial charge in [-0.05, 0) is 84.9 Å². The van der Waals surface area contributed by atoms with Crippen LogP contribution in [0.4, 0.5) is 0 Å². The predicted octanol–water partition coefficient (Wildman–Crippen LogP) is 9.03. The predicted molar refractivity (Wildman–Crippen MR) is 145 cm³/mol. The Morgan fingerprint density at radius 3 is 1.74 bits per heavy atom. The van der Waals surface area contributed by atoms with Crippen molar-refractivity contribution >= 4 is 43.2 Å². The first-order chi connectivity index (χ1) is 16.8. The van der Waals surface area contributed by atoms with Crippen molar-refractivity contribution in [1.29, 1.82) is 0 Å². The molecule has 0 aliphatic carbocycles. The zero-order valence-electron chi connectivity index (χ0n) is 18.6. The molecule has 0 amide bonds. The van der Waals surface area contributed by atoms with Crippen molar-refractivity contribution in [2.24, 2.45) is 0 Å². The molecule has 7 rings (SSSR count). The lowest BCUT2D eigenvalue weighted by molar-refractivity contribution is 1.41. The lowest BCUT2D eigenvalue weighted by atomic mass is 9.95. The average molecular weight is 432 g/mol. The van der Waals surface area contributed by atoms with Crippen LogP contribution in [0.5, 0.6) is 0 Å². The van der Waals surface area contributed by atoms with Crippen LogP contribution in [0.1, 0.15) is 0 Å². The van der Waals surface area contributed by atoms with Crippen molar-refractivity contribution in [3.63, 3.8) is 0 Å². The molecule has 0 unspecified atom stereocenters. The molecule has 7 aromatic rings. The summed E-state index contributed by atoms with van der Waals surface area (Å²) in [5, 5.41) is 8.82. The van der Waals surface area contributed by atoms with E-state index in [9.17, 15) is 0 Å². The fourth-order valence-electron chi connectivity index (χ4n) is 5.04. The molecular formula is C33H21N. The maximum Gasteiger partial charge on any atom is 0.0708 e. The second-order valence-corrected chi connectivity index (χ2v) is 8.91. The minimum atomic E-state index is 1.03. The minimum absolute atomic E-state index is 1.03. The lowest BCUT2D eigenvalue weighted by Gasteiger charge is -2.10. The van der Waals surface area contributed by atoms with Gasteiger partial charge in [0.15, 0.2) is 0 Å². The molecule has 1 heterocycles. The molecule has 1 heteroatoms. The summed E-state index contributed by atoms with van der Waals surface area (Å²) in [7, 11) is 0. The van der Waals surface area contributed by atoms with Crippen LogP contribution >= 0.6 is 0 Å². The highest BCUT2D eigenvalue weighted by atomic mass is 14.6. The third kappa shape index (κ3) is 3.14. The molecule has 0 fully saturated rings. The molecular weight excluding hydrogens is 410 g/mol. The fraction of sp³-hybridized carbons (Fsp3) is 0. The molecule has 0 atom stereocenters. The van der Waals surface area contributed by atoms with E-state index in [1.165, 1.54) is 60.0 Å². The van der Waals surface area contributed by atoms with Crippen molar-refractivity contribution in [3.05, 3.63) is 128 Å². The average Bonchev–Trinajstić information content (AvgIpc) is 2.91. The third-order valence-electron chi connectivity index (χ3n) is 6.86. The number of benzene rings is 6. The number of nitrogens with zero attached hydrogens (tertiary/aromatic N) is 1. The molecule has 1 nitrogen and oxygen atoms in total. The van der Waals surface area contributed by atoms with Gasteiger partial charge < -0.3 is 0 Å². The van der Waals surface area contributed by atoms with Crippen molar-refractivity contribution < 1.29 is 0 Å². The van der Waals surface area contributed by atoms with Gasteiger partial charge in [0.25, 0.3) is 0 Å². The Morgan fingerprint density at radius 2 is 0.912 bits per heavy atom. The van der Waals surface area contributed by atoms with E-state index >= 15 is 0 Å². The van der Waals surface area contributed by atoms with Crippen molar-refractivity contribution in [1.82, 2.24) is 4.98 Å². The first-order valence-corrected chi connectivity index (χ1v) is 11.6. The maximum absolute atomic E-state index is 4.53. The molecule has 0 saturated carbocycles. The normalized spacial score (nSPS) is 11.5. The highest BCUT2D eigenvalue weighted by molar-refractivity contribution is 6.08. The molecule has 1 aromatic heterocycles. The Morgan fingerprint density at radius 1 is 0.353 bits per heavy atom. The monoisotopic (exact) mass is 431 g/mol. The van der Waals surface area contributed by atoms with Gasteiger partial charge in [-0.15, -0.1) is 0 Å². The Balaban J connectivity index is 1.33. The second kappa shape index (κ2) is 7.54. The number of pyridine rings is 1. The van der Waals surface area contributed by atoms with Gasteiger partial charge in [0.2, 0.25) is 0 Å². The number of hydrogen-bond donors (Lipinski definition) is 0. The summed E-state index contributed by atoms with van der Waals surface area (Å²) < 4.78 is 0. The largest absolute Gasteiger partial charge is 0.256 e. The van der Waals surface area contributed by atoms with Crippen LogP contribution < -0.4 is 0 Å². The van der Waals surface area contributed by atoms with E-state index in [1.54, 1.807) is 0 Å². The smallest absolute Gasteiger partial charge is 0.0708 e. The Bertz CT molecular complexity index is 1860. The van der Waals surface area contributed by atoms with E-state index in [2.05, 4.69) is 120 Å². The van der Waals surface area contributed by atoms with E-state index in [0.29, 0.717) is 0 Å². The third-order valence-corrected chi connectivity index (χ3v) is 6.86. The van der Waals surface area contributed by atoms with E-state index in [-0.39, 0.29) is 0 Å². The molecule has 0 bridgehead atoms. The van der Waals surface area contributed by atoms with Crippen molar-refractivity contribution in [2.75, 3.05) is 0 Å². The van der Waals surface area contributed by atoms with Gasteiger partial charge in [-0.2, -0.15) is 0 Å². The standard InChI is InChI=1S/C33H21N/c1-2-6-31-23(4-1)9-14-29-18-27(15-16-32(29)31)25-11-7-22-8-12-26(20-30(22)19-25)28-13-10-24-5-3-17-34-33(24)21-28/h1-21H. The summed E-state index contributed by atoms with van der Waals surface area (Å²) in [4.78, 5) is 4.53. The van der Waals surface area contributed by atoms with E-state index < -0.39 is 0 Å². The Hall–Kier alpha value is -4.49. The van der Waals surface area contributed by atoms with Gasteiger partial charge in [0, 0.05) is 11.6 Å². The summed E-state index contributed by atoms with van der Waals surface area (Å²) in [5.41, 5.74) is 5.90. The number of aromatic nitrogens is 1. The number of fused-ring (bicyclic) bond motifs is 5. The van der Waals surface area contributed by atoms with Gasteiger partial charge in [-0.3, -0.25) is 4.98 Å². The molecule has 0 saturated heterocycles. The van der Waals surface area contributed by atoms with Crippen LogP contribution in [-0.4, -0.2) is 4.98 Å². The lowest BCUT2D eigenvalue weighted by Crippen LogP contribution is -1.84. The number of rotatable bonds is 2. The fourth-order valence-corrected chi connectivity index (χ4v) is 5.04. The first kappa shape index (κ1) is 19.0. The molecule has 0 spiro atoms. The molecule has 6 aromatic carbocycles. The SMILES string of the molecule is c1cnc2cc(-c3ccc4ccc(-c5ccc6c(ccc7ccccc76)c5)cc4c3)ccc2c1. The molecule has 0 radical (unpaired) electrons. The summed E-state index contributed by atoms with van der Waals surface area (Å²) in [6.45, 7) is 0. The first-order valence-electron chi connectivity index (χ1n) is 11.6. The van der Waals surface area contributed by atoms with Gasteiger partial charge in [-0.1, -0.05) is 91.0 Å². The zero-order chi connectivity index (χ0) is 22.5. The van der Waals surface area contributed by atoms with E-state index in [4.69, 9.17) is 0 Å². The topological polar surface area (TPSA) is 12.9 Å². The van der Waals surface area contributed by atoms with Crippen LogP contribution in [0.25, 0.3) is 65.5 Å². The van der Waals surface area contributed by atoms with Crippen LogP contribution in [0.2, 0.25) is 0 Å². The molecule has 34 heavy (non-hydrogen) atoms. The van der Waals surface area contributed by atoms with Crippen LogP contribution in [-0.2, 0) is 0 Å². The summed E-state index contributed by atoms with van der Waals surface area (Å²) in [6, 6.07) is 43.9. The maximum atomic E-state index is 4.53. The Labute approximate surface area is 197 Å². The van der Waals surface area contributed by atoms with Crippen LogP contribution in [0.15, 0.2) is 128 Å². The van der Waals surface area contributed by atoms with Crippen LogP contribution in [0, 0.1) is 0 Å². The quantitative estimate of drug-likeness (QED) is 0.249. The summed E-state index contributed by atoms with van der Waals surface area (Å²) in [5.74, 6) is 0. The van der Waals surface area contributed by atoms with Gasteiger partial charge in [0.05, 0.1) is 5.52 Å². The number of hydrogen-bond acceptors (Lipinski definition) is 1. The molecule has 0 N–H and O–H groups in total. The highest BCUT2D eigenvalue weighted by Crippen LogP contribution is 2.33. The van der Waals surface area contributed by atoms with Crippen molar-refractivity contribution in [2.45, 2.75) is 0 Å². The van der Waals surface area contributed by atoms with Gasteiger partial charge >= 0.3 is 0 Å². The van der Waals surface area contributed by atoms with Crippen LogP contribution in [0.3, 0.4) is 0 Å². The zero-order valence-corrected chi connectivity index (χ0v) is 18.6. The minimum Gasteiger partial charge on any atom is -0.256 e. The van der Waals surface area contributed by atoms with E-state index in [1.807, 2.05) is 12.3 Å². The van der Waals surface area contributed by atoms with E-state index in [0.717, 1.165) is 5.52 Å². The highest BCUT2D eigenvalue weighted by Gasteiger charge is 2.06. The summed E-state index contributed by atoms with van der Waals surface area (Å²) in [6.07, 6.45) is 1.85. The van der Waals surface area contributed by atoms with Gasteiger partial charge in [-0.25, -0.2) is 0 Å². The molecule has 0 aliphatic heterocycles. The molecule has 158 valence electrons. The van der Waals surface area contributed by atoms with Gasteiger partial charge in [0.1, 0.15) is 0 Å².